The number of allylic oxidation sites excluding steroid dienone is 2. The van der Waals surface area contributed by atoms with Gasteiger partial charge in [0.25, 0.3) is 0 Å². The molecule has 0 aliphatic heterocycles. The van der Waals surface area contributed by atoms with Gasteiger partial charge < -0.3 is 10.1 Å². The van der Waals surface area contributed by atoms with Gasteiger partial charge in [-0.3, -0.25) is 4.79 Å². The molecule has 0 radical (unpaired) electrons. The fraction of sp³-hybridized carbons (Fsp3) is 0.556. The Balaban J connectivity index is 2.22. The van der Waals surface area contributed by atoms with E-state index < -0.39 is 5.97 Å². The fourth-order valence-corrected chi connectivity index (χ4v) is 3.63. The number of methoxy groups -OCH3 is 1. The van der Waals surface area contributed by atoms with Crippen LogP contribution in [0.15, 0.2) is 17.7 Å². The van der Waals surface area contributed by atoms with E-state index in [1.807, 2.05) is 6.07 Å². The highest BCUT2D eigenvalue weighted by Crippen LogP contribution is 2.36. The van der Waals surface area contributed by atoms with E-state index in [1.54, 1.807) is 0 Å². The van der Waals surface area contributed by atoms with E-state index in [2.05, 4.69) is 39.1 Å². The first-order valence-electron chi connectivity index (χ1n) is 7.91. The summed E-state index contributed by atoms with van der Waals surface area (Å²) in [6, 6.07) is 1.90. The Morgan fingerprint density at radius 2 is 2.04 bits per heavy atom. The van der Waals surface area contributed by atoms with Gasteiger partial charge in [-0.05, 0) is 37.7 Å². The summed E-state index contributed by atoms with van der Waals surface area (Å²) in [5, 5.41) is 2.94. The Morgan fingerprint density at radius 1 is 1.35 bits per heavy atom. The second-order valence-corrected chi connectivity index (χ2v) is 8.16. The predicted octanol–water partition coefficient (Wildman–Crippen LogP) is 4.52. The van der Waals surface area contributed by atoms with Crippen LogP contribution in [0.2, 0.25) is 0 Å². The topological polar surface area (TPSA) is 55.4 Å². The number of ether oxygens (including phenoxy) is 1. The Labute approximate surface area is 141 Å². The molecule has 0 unspecified atom stereocenters. The third kappa shape index (κ3) is 4.22. The highest BCUT2D eigenvalue weighted by atomic mass is 32.1. The molecule has 5 heteroatoms. The van der Waals surface area contributed by atoms with Gasteiger partial charge in [0.15, 0.2) is 0 Å². The van der Waals surface area contributed by atoms with Gasteiger partial charge in [-0.25, -0.2) is 4.79 Å². The van der Waals surface area contributed by atoms with Crippen LogP contribution in [0.4, 0.5) is 5.69 Å². The quantitative estimate of drug-likeness (QED) is 0.653. The number of rotatable bonds is 3. The van der Waals surface area contributed by atoms with Gasteiger partial charge in [0.05, 0.1) is 12.8 Å². The van der Waals surface area contributed by atoms with Crippen LogP contribution in [0.25, 0.3) is 0 Å². The van der Waals surface area contributed by atoms with E-state index in [0.29, 0.717) is 10.6 Å². The number of carbonyl (C=O) groups is 2. The van der Waals surface area contributed by atoms with Crippen molar-refractivity contribution in [3.63, 3.8) is 0 Å². The third-order valence-electron chi connectivity index (χ3n) is 4.11. The molecule has 0 bridgehead atoms. The van der Waals surface area contributed by atoms with E-state index in [0.717, 1.165) is 24.1 Å². The second-order valence-electron chi connectivity index (χ2n) is 7.11. The number of thiophene rings is 1. The molecule has 1 aliphatic carbocycles. The van der Waals surface area contributed by atoms with Gasteiger partial charge in [0.2, 0.25) is 5.91 Å². The van der Waals surface area contributed by atoms with Gasteiger partial charge in [-0.2, -0.15) is 0 Å². The van der Waals surface area contributed by atoms with Gasteiger partial charge in [0.1, 0.15) is 4.88 Å². The number of esters is 1. The summed E-state index contributed by atoms with van der Waals surface area (Å²) in [6.07, 6.45) is 4.71. The molecule has 1 atom stereocenters. The fourth-order valence-electron chi connectivity index (χ4n) is 2.54. The summed E-state index contributed by atoms with van der Waals surface area (Å²) in [6.45, 7) is 8.35. The van der Waals surface area contributed by atoms with E-state index >= 15 is 0 Å². The summed E-state index contributed by atoms with van der Waals surface area (Å²) in [5.74, 6) is -0.445. The summed E-state index contributed by atoms with van der Waals surface area (Å²) in [5.41, 5.74) is 1.83. The average Bonchev–Trinajstić information content (AvgIpc) is 2.91. The molecule has 23 heavy (non-hydrogen) atoms. The van der Waals surface area contributed by atoms with Crippen LogP contribution in [0.5, 0.6) is 0 Å². The lowest BCUT2D eigenvalue weighted by molar-refractivity contribution is -0.120. The van der Waals surface area contributed by atoms with Crippen molar-refractivity contribution < 1.29 is 14.3 Å². The number of nitrogens with one attached hydrogen (secondary N) is 1. The molecular weight excluding hydrogens is 310 g/mol. The van der Waals surface area contributed by atoms with Crippen molar-refractivity contribution in [1.29, 1.82) is 0 Å². The van der Waals surface area contributed by atoms with Gasteiger partial charge >= 0.3 is 5.97 Å². The molecule has 126 valence electrons. The Bertz CT molecular complexity index is 637. The van der Waals surface area contributed by atoms with Crippen molar-refractivity contribution in [1.82, 2.24) is 0 Å². The lowest BCUT2D eigenvalue weighted by Crippen LogP contribution is -2.24. The molecule has 1 heterocycles. The SMILES string of the molecule is COC(=O)c1sc(C(C)(C)C)cc1NC(=O)[C@H]1CC=C(C)CC1. The van der Waals surface area contributed by atoms with Crippen molar-refractivity contribution in [3.05, 3.63) is 27.5 Å². The van der Waals surface area contributed by atoms with E-state index in [-0.39, 0.29) is 17.2 Å². The van der Waals surface area contributed by atoms with Gasteiger partial charge in [-0.15, -0.1) is 11.3 Å². The molecule has 1 aromatic rings. The Hall–Kier alpha value is -1.62. The minimum absolute atomic E-state index is 0.0165. The highest BCUT2D eigenvalue weighted by Gasteiger charge is 2.27. The first-order valence-corrected chi connectivity index (χ1v) is 8.73. The van der Waals surface area contributed by atoms with Crippen LogP contribution >= 0.6 is 11.3 Å². The van der Waals surface area contributed by atoms with Crippen LogP contribution < -0.4 is 5.32 Å². The lowest BCUT2D eigenvalue weighted by Gasteiger charge is -2.19. The molecule has 1 N–H and O–H groups in total. The molecule has 1 aliphatic rings. The summed E-state index contributed by atoms with van der Waals surface area (Å²) in [4.78, 5) is 26.0. The largest absolute Gasteiger partial charge is 0.465 e. The molecule has 1 aromatic heterocycles. The van der Waals surface area contributed by atoms with Gasteiger partial charge in [0, 0.05) is 10.8 Å². The van der Waals surface area contributed by atoms with Crippen LogP contribution in [0.1, 0.15) is 61.5 Å². The number of amides is 1. The van der Waals surface area contributed by atoms with Crippen molar-refractivity contribution in [3.8, 4) is 0 Å². The van der Waals surface area contributed by atoms with Crippen LogP contribution in [0, 0.1) is 5.92 Å². The number of anilines is 1. The Kier molecular flexibility index (Phi) is 5.30. The van der Waals surface area contributed by atoms with Gasteiger partial charge in [-0.1, -0.05) is 32.4 Å². The standard InChI is InChI=1S/C18H25NO3S/c1-11-6-8-12(9-7-11)16(20)19-13-10-14(18(2,3)4)23-15(13)17(21)22-5/h6,10,12H,7-9H2,1-5H3,(H,19,20)/t12-/m0/s1. The number of hydrogen-bond acceptors (Lipinski definition) is 4. The van der Waals surface area contributed by atoms with E-state index in [4.69, 9.17) is 4.74 Å². The molecule has 4 nitrogen and oxygen atoms in total. The molecule has 0 spiro atoms. The molecule has 1 amide bonds. The average molecular weight is 335 g/mol. The van der Waals surface area contributed by atoms with Crippen molar-refractivity contribution >= 4 is 28.9 Å². The van der Waals surface area contributed by atoms with Crippen molar-refractivity contribution in [2.24, 2.45) is 5.92 Å². The monoisotopic (exact) mass is 335 g/mol. The maximum Gasteiger partial charge on any atom is 0.350 e. The van der Waals surface area contributed by atoms with Crippen LogP contribution in [-0.2, 0) is 14.9 Å². The summed E-state index contributed by atoms with van der Waals surface area (Å²) < 4.78 is 4.85. The zero-order valence-corrected chi connectivity index (χ0v) is 15.3. The molecule has 0 fully saturated rings. The zero-order valence-electron chi connectivity index (χ0n) is 14.5. The summed E-state index contributed by atoms with van der Waals surface area (Å²) >= 11 is 1.39. The maximum absolute atomic E-state index is 12.5. The molecule has 2 rings (SSSR count). The normalized spacial score (nSPS) is 18.3. The third-order valence-corrected chi connectivity index (χ3v) is 5.65. The predicted molar refractivity (Wildman–Crippen MR) is 94.1 cm³/mol. The Morgan fingerprint density at radius 3 is 2.57 bits per heavy atom. The maximum atomic E-state index is 12.5. The smallest absolute Gasteiger partial charge is 0.350 e. The second kappa shape index (κ2) is 6.87. The minimum Gasteiger partial charge on any atom is -0.465 e. The van der Waals surface area contributed by atoms with Crippen molar-refractivity contribution in [2.45, 2.75) is 52.4 Å². The zero-order chi connectivity index (χ0) is 17.2. The first-order chi connectivity index (χ1) is 10.7. The van der Waals surface area contributed by atoms with Crippen LogP contribution in [0.3, 0.4) is 0 Å². The molecular formula is C18H25NO3S. The molecule has 0 aromatic carbocycles. The first kappa shape index (κ1) is 17.7. The number of carbonyl (C=O) groups excluding carboxylic acids is 2. The van der Waals surface area contributed by atoms with Crippen molar-refractivity contribution in [2.75, 3.05) is 12.4 Å². The minimum atomic E-state index is -0.403. The molecule has 0 saturated heterocycles. The molecule has 0 saturated carbocycles. The van der Waals surface area contributed by atoms with E-state index in [9.17, 15) is 9.59 Å². The number of hydrogen-bond donors (Lipinski definition) is 1. The van der Waals surface area contributed by atoms with E-state index in [1.165, 1.54) is 24.0 Å². The highest BCUT2D eigenvalue weighted by molar-refractivity contribution is 7.14. The van der Waals surface area contributed by atoms with Crippen LogP contribution in [-0.4, -0.2) is 19.0 Å². The lowest BCUT2D eigenvalue weighted by atomic mass is 9.89. The summed E-state index contributed by atoms with van der Waals surface area (Å²) in [7, 11) is 1.36.